The third-order valence-electron chi connectivity index (χ3n) is 13.1. The van der Waals surface area contributed by atoms with Crippen molar-refractivity contribution in [2.45, 2.75) is 250 Å². The minimum absolute atomic E-state index is 0.0437. The van der Waals surface area contributed by atoms with Crippen LogP contribution in [0, 0.1) is 0 Å². The molecule has 11 nitrogen and oxygen atoms in total. The molecule has 1 fully saturated rings. The predicted molar refractivity (Wildman–Crippen MR) is 253 cm³/mol. The molecule has 1 aromatic heterocycles. The molecule has 2 rings (SSSR count). The number of nitrogens with zero attached hydrogens (tertiary/aromatic N) is 2. The van der Waals surface area contributed by atoms with Gasteiger partial charge in [0, 0.05) is 38.9 Å². The van der Waals surface area contributed by atoms with Gasteiger partial charge in [-0.2, -0.15) is 5.06 Å². The van der Waals surface area contributed by atoms with Gasteiger partial charge in [-0.15, -0.1) is 0 Å². The number of nitrogens with one attached hydrogen (secondary N) is 1. The zero-order chi connectivity index (χ0) is 44.8. The predicted octanol–water partition coefficient (Wildman–Crippen LogP) is 12.2. The number of rotatable bonds is 38. The Morgan fingerprint density at radius 3 is 1.56 bits per heavy atom. The van der Waals surface area contributed by atoms with E-state index in [1.807, 2.05) is 0 Å². The van der Waals surface area contributed by atoms with Crippen molar-refractivity contribution in [3.8, 4) is 0 Å². The molecule has 1 aromatic rings. The fourth-order valence-electron chi connectivity index (χ4n) is 8.11. The van der Waals surface area contributed by atoms with E-state index in [1.54, 1.807) is 7.11 Å². The number of ether oxygens (including phenoxy) is 3. The summed E-state index contributed by atoms with van der Waals surface area (Å²) in [5.41, 5.74) is -0.985. The van der Waals surface area contributed by atoms with Crippen molar-refractivity contribution < 1.29 is 28.3 Å². The normalized spacial score (nSPS) is 18.4. The largest absolute Gasteiger partial charge is 0.469 e. The van der Waals surface area contributed by atoms with Crippen LogP contribution in [0.3, 0.4) is 0 Å². The molecule has 2 heterocycles. The summed E-state index contributed by atoms with van der Waals surface area (Å²) in [6.07, 6.45) is 34.3. The van der Waals surface area contributed by atoms with E-state index in [4.69, 9.17) is 23.5 Å². The van der Waals surface area contributed by atoms with E-state index in [2.05, 4.69) is 50.8 Å². The molecule has 0 spiro atoms. The number of hydrogen-bond acceptors (Lipinski definition) is 9. The molecule has 1 saturated heterocycles. The zero-order valence-corrected chi connectivity index (χ0v) is 41.5. The second-order valence-electron chi connectivity index (χ2n) is 19.4. The first-order chi connectivity index (χ1) is 29.3. The quantitative estimate of drug-likeness (QED) is 0.0299. The number of aromatic nitrogens is 2. The average Bonchev–Trinajstić information content (AvgIpc) is 3.55. The number of carbonyl (C=O) groups is 1. The molecule has 12 heteroatoms. The lowest BCUT2D eigenvalue weighted by Crippen LogP contribution is -2.50. The summed E-state index contributed by atoms with van der Waals surface area (Å²) < 4.78 is 25.8. The Hall–Kier alpha value is -1.83. The van der Waals surface area contributed by atoms with Gasteiger partial charge in [-0.25, -0.2) is 4.79 Å². The molecule has 2 unspecified atom stereocenters. The lowest BCUT2D eigenvalue weighted by Gasteiger charge is -2.40. The second kappa shape index (κ2) is 32.8. The number of aromatic amines is 1. The molecule has 4 atom stereocenters. The molecular weight excluding hydrogens is 787 g/mol. The molecule has 0 aliphatic carbocycles. The van der Waals surface area contributed by atoms with Gasteiger partial charge in [-0.3, -0.25) is 24.0 Å². The molecule has 0 radical (unpaired) electrons. The summed E-state index contributed by atoms with van der Waals surface area (Å²) in [7, 11) is 0.812. The first kappa shape index (κ1) is 55.3. The first-order valence-electron chi connectivity index (χ1n) is 25.0. The maximum Gasteiger partial charge on any atom is 0.330 e. The molecule has 356 valence electrons. The van der Waals surface area contributed by atoms with Crippen molar-refractivity contribution >= 4 is 14.3 Å². The van der Waals surface area contributed by atoms with Crippen LogP contribution in [0.1, 0.15) is 214 Å². The van der Waals surface area contributed by atoms with Crippen LogP contribution in [-0.4, -0.2) is 81.1 Å². The Labute approximate surface area is 373 Å². The third-order valence-corrected chi connectivity index (χ3v) is 17.6. The Morgan fingerprint density at radius 1 is 0.705 bits per heavy atom. The van der Waals surface area contributed by atoms with Crippen molar-refractivity contribution in [3.63, 3.8) is 0 Å². The van der Waals surface area contributed by atoms with E-state index in [0.29, 0.717) is 13.0 Å². The van der Waals surface area contributed by atoms with Crippen LogP contribution in [0.15, 0.2) is 21.9 Å². The number of hydroxylamine groups is 2. The fourth-order valence-corrected chi connectivity index (χ4v) is 9.43. The monoisotopic (exact) mass is 880 g/mol. The van der Waals surface area contributed by atoms with Crippen molar-refractivity contribution in [1.82, 2.24) is 14.6 Å². The van der Waals surface area contributed by atoms with Gasteiger partial charge in [0.15, 0.2) is 14.5 Å². The number of unbranched alkanes of at least 4 members (excludes halogenated alkanes) is 25. The van der Waals surface area contributed by atoms with Crippen molar-refractivity contribution in [1.29, 1.82) is 0 Å². The Bertz CT molecular complexity index is 1360. The van der Waals surface area contributed by atoms with Crippen LogP contribution in [0.4, 0.5) is 0 Å². The number of hydrogen-bond donors (Lipinski definition) is 1. The van der Waals surface area contributed by atoms with E-state index in [1.165, 1.54) is 172 Å². The molecule has 0 amide bonds. The van der Waals surface area contributed by atoms with Crippen LogP contribution in [-0.2, 0) is 28.3 Å². The summed E-state index contributed by atoms with van der Waals surface area (Å²) in [6, 6.07) is 1.34. The van der Waals surface area contributed by atoms with Gasteiger partial charge in [0.25, 0.3) is 5.56 Å². The van der Waals surface area contributed by atoms with Crippen molar-refractivity contribution in [3.05, 3.63) is 33.1 Å². The Morgan fingerprint density at radius 2 is 1.15 bits per heavy atom. The van der Waals surface area contributed by atoms with E-state index in [0.717, 1.165) is 38.8 Å². The van der Waals surface area contributed by atoms with Gasteiger partial charge in [-0.1, -0.05) is 182 Å². The van der Waals surface area contributed by atoms with Crippen LogP contribution < -0.4 is 11.2 Å². The average molecular weight is 880 g/mol. The third kappa shape index (κ3) is 23.6. The highest BCUT2D eigenvalue weighted by Gasteiger charge is 2.51. The summed E-state index contributed by atoms with van der Waals surface area (Å²) in [5, 5.41) is 2.11. The SMILES string of the molecule is CCCCCCCCCCCCCCCCN(CCCCCCCCCCCCCCCC(=O)OC)OC[C@H]1O[C@@H](n2ccc(=O)[nH]c2=O)C(OC)C1O[Si](C)(C)C(C)(C)C. The molecule has 1 N–H and O–H groups in total. The van der Waals surface area contributed by atoms with Gasteiger partial charge >= 0.3 is 11.7 Å². The van der Waals surface area contributed by atoms with Crippen LogP contribution in [0.25, 0.3) is 0 Å². The number of methoxy groups -OCH3 is 2. The Kier molecular flexibility index (Phi) is 29.7. The summed E-state index contributed by atoms with van der Waals surface area (Å²) in [4.78, 5) is 45.1. The van der Waals surface area contributed by atoms with Gasteiger partial charge < -0.3 is 18.6 Å². The smallest absolute Gasteiger partial charge is 0.330 e. The number of esters is 1. The highest BCUT2D eigenvalue weighted by Crippen LogP contribution is 2.42. The molecule has 0 bridgehead atoms. The Balaban J connectivity index is 1.89. The van der Waals surface area contributed by atoms with Gasteiger partial charge in [0.05, 0.1) is 13.7 Å². The zero-order valence-electron chi connectivity index (χ0n) is 40.5. The van der Waals surface area contributed by atoms with Crippen LogP contribution in [0.2, 0.25) is 18.1 Å². The molecule has 1 aliphatic rings. The van der Waals surface area contributed by atoms with Gasteiger partial charge in [0.1, 0.15) is 18.3 Å². The summed E-state index contributed by atoms with van der Waals surface area (Å²) >= 11 is 0. The molecule has 0 aromatic carbocycles. The highest BCUT2D eigenvalue weighted by atomic mass is 28.4. The molecule has 61 heavy (non-hydrogen) atoms. The minimum atomic E-state index is -2.28. The number of carbonyl (C=O) groups excluding carboxylic acids is 1. The minimum Gasteiger partial charge on any atom is -0.469 e. The molecular formula is C49H93N3O8Si. The standard InChI is InChI=1S/C49H93N3O8Si/c1-9-10-11-12-13-14-15-16-19-22-25-28-31-34-38-51(39-35-32-29-26-23-20-17-18-21-24-27-30-33-36-44(54)56-5)58-41-42-45(60-61(7,8)49(2,3)4)46(57-6)47(59-42)52-40-37-43(53)50-48(52)55/h37,40,42,45-47H,9-36,38-39,41H2,1-8H3,(H,50,53,55)/t42-,45?,46?,47-/m1/s1. The van der Waals surface area contributed by atoms with E-state index in [-0.39, 0.29) is 11.0 Å². The maximum absolute atomic E-state index is 12.9. The van der Waals surface area contributed by atoms with Crippen molar-refractivity contribution in [2.75, 3.05) is 33.9 Å². The van der Waals surface area contributed by atoms with Crippen LogP contribution in [0.5, 0.6) is 0 Å². The summed E-state index contributed by atoms with van der Waals surface area (Å²) in [6.45, 7) is 15.4. The molecule has 0 saturated carbocycles. The van der Waals surface area contributed by atoms with Crippen molar-refractivity contribution in [2.24, 2.45) is 0 Å². The first-order valence-corrected chi connectivity index (χ1v) is 27.9. The van der Waals surface area contributed by atoms with Gasteiger partial charge in [-0.05, 0) is 37.4 Å². The second-order valence-corrected chi connectivity index (χ2v) is 24.1. The van der Waals surface area contributed by atoms with Gasteiger partial charge in [0.2, 0.25) is 0 Å². The lowest BCUT2D eigenvalue weighted by molar-refractivity contribution is -0.193. The maximum atomic E-state index is 12.9. The van der Waals surface area contributed by atoms with Crippen LogP contribution >= 0.6 is 0 Å². The topological polar surface area (TPSA) is 121 Å². The fraction of sp³-hybridized carbons (Fsp3) is 0.898. The van der Waals surface area contributed by atoms with E-state index < -0.39 is 44.1 Å². The summed E-state index contributed by atoms with van der Waals surface area (Å²) in [5.74, 6) is -0.0951. The lowest BCUT2D eigenvalue weighted by atomic mass is 10.0. The highest BCUT2D eigenvalue weighted by molar-refractivity contribution is 6.74. The molecule has 1 aliphatic heterocycles. The van der Waals surface area contributed by atoms with E-state index in [9.17, 15) is 14.4 Å². The van der Waals surface area contributed by atoms with E-state index >= 15 is 0 Å². The number of H-pyrrole nitrogens is 1.